The Morgan fingerprint density at radius 3 is 2.79 bits per heavy atom. The zero-order valence-electron chi connectivity index (χ0n) is 14.1. The number of aliphatic hydroxyl groups is 1. The van der Waals surface area contributed by atoms with E-state index in [-0.39, 0.29) is 30.0 Å². The van der Waals surface area contributed by atoms with Crippen LogP contribution < -0.4 is 5.32 Å². The molecular formula is C18H24N4O2. The van der Waals surface area contributed by atoms with Crippen molar-refractivity contribution in [2.75, 3.05) is 0 Å². The van der Waals surface area contributed by atoms with Gasteiger partial charge in [0.15, 0.2) is 0 Å². The molecule has 0 bridgehead atoms. The van der Waals surface area contributed by atoms with Crippen molar-refractivity contribution in [3.63, 3.8) is 0 Å². The van der Waals surface area contributed by atoms with E-state index >= 15 is 0 Å². The number of pyridine rings is 1. The largest absolute Gasteiger partial charge is 0.393 e. The molecule has 0 saturated heterocycles. The van der Waals surface area contributed by atoms with Crippen molar-refractivity contribution in [3.8, 4) is 0 Å². The van der Waals surface area contributed by atoms with Crippen LogP contribution in [0, 0.1) is 5.92 Å². The summed E-state index contributed by atoms with van der Waals surface area (Å²) in [6.45, 7) is 4.04. The Hall–Kier alpha value is -2.21. The first-order valence-corrected chi connectivity index (χ1v) is 8.46. The van der Waals surface area contributed by atoms with Crippen molar-refractivity contribution in [2.24, 2.45) is 5.92 Å². The second kappa shape index (κ2) is 7.13. The molecule has 0 radical (unpaired) electrons. The van der Waals surface area contributed by atoms with Gasteiger partial charge in [0.1, 0.15) is 0 Å². The maximum absolute atomic E-state index is 12.6. The minimum Gasteiger partial charge on any atom is -0.393 e. The molecule has 0 aromatic carbocycles. The molecule has 128 valence electrons. The van der Waals surface area contributed by atoms with Gasteiger partial charge >= 0.3 is 0 Å². The molecule has 6 nitrogen and oxygen atoms in total. The number of rotatable bonds is 6. The number of nitrogens with one attached hydrogen (secondary N) is 1. The zero-order chi connectivity index (χ0) is 17.1. The number of nitrogens with zero attached hydrogens (tertiary/aromatic N) is 3. The monoisotopic (exact) mass is 328 g/mol. The van der Waals surface area contributed by atoms with E-state index < -0.39 is 0 Å². The molecule has 2 N–H and O–H groups in total. The Balaban J connectivity index is 1.69. The number of carbonyl (C=O) groups excluding carboxylic acids is 1. The van der Waals surface area contributed by atoms with E-state index in [1.165, 1.54) is 0 Å². The molecular weight excluding hydrogens is 304 g/mol. The standard InChI is InChI=1S/C18H24N4O2/c1-12(2)22-11-14(10-20-22)18(24)21-17(13-7-16(23)8-13)9-15-5-3-4-6-19-15/h3-6,10-13,16-17,23H,7-9H2,1-2H3,(H,21,24). The topological polar surface area (TPSA) is 80.0 Å². The molecule has 24 heavy (non-hydrogen) atoms. The molecule has 6 heteroatoms. The Kier molecular flexibility index (Phi) is 4.94. The summed E-state index contributed by atoms with van der Waals surface area (Å²) in [6, 6.07) is 5.98. The average Bonchev–Trinajstić information content (AvgIpc) is 3.02. The van der Waals surface area contributed by atoms with Crippen LogP contribution in [0.15, 0.2) is 36.8 Å². The third-order valence-corrected chi connectivity index (χ3v) is 4.58. The molecule has 2 aromatic rings. The van der Waals surface area contributed by atoms with E-state index in [4.69, 9.17) is 0 Å². The molecule has 1 amide bonds. The van der Waals surface area contributed by atoms with Gasteiger partial charge in [-0.3, -0.25) is 14.5 Å². The first-order valence-electron chi connectivity index (χ1n) is 8.46. The molecule has 1 saturated carbocycles. The molecule has 3 rings (SSSR count). The summed E-state index contributed by atoms with van der Waals surface area (Å²) in [5.74, 6) is 0.162. The van der Waals surface area contributed by atoms with Gasteiger partial charge in [0.05, 0.1) is 17.9 Å². The van der Waals surface area contributed by atoms with E-state index in [1.54, 1.807) is 23.3 Å². The third kappa shape index (κ3) is 3.82. The highest BCUT2D eigenvalue weighted by atomic mass is 16.3. The van der Waals surface area contributed by atoms with Crippen LogP contribution >= 0.6 is 0 Å². The number of hydrogen-bond acceptors (Lipinski definition) is 4. The molecule has 1 fully saturated rings. The predicted octanol–water partition coefficient (Wildman–Crippen LogP) is 1.97. The van der Waals surface area contributed by atoms with E-state index in [9.17, 15) is 9.90 Å². The number of aliphatic hydroxyl groups excluding tert-OH is 1. The Bertz CT molecular complexity index is 677. The highest BCUT2D eigenvalue weighted by Crippen LogP contribution is 2.31. The van der Waals surface area contributed by atoms with Crippen LogP contribution in [0.5, 0.6) is 0 Å². The molecule has 2 heterocycles. The molecule has 0 aliphatic heterocycles. The van der Waals surface area contributed by atoms with Crippen LogP contribution in [0.1, 0.15) is 48.8 Å². The molecule has 1 unspecified atom stereocenters. The maximum Gasteiger partial charge on any atom is 0.254 e. The van der Waals surface area contributed by atoms with E-state index in [0.29, 0.717) is 12.0 Å². The summed E-state index contributed by atoms with van der Waals surface area (Å²) in [6.07, 6.45) is 7.00. The van der Waals surface area contributed by atoms with E-state index in [2.05, 4.69) is 15.4 Å². The predicted molar refractivity (Wildman–Crippen MR) is 90.5 cm³/mol. The van der Waals surface area contributed by atoms with Crippen LogP contribution in [0.3, 0.4) is 0 Å². The second-order valence-corrected chi connectivity index (χ2v) is 6.79. The van der Waals surface area contributed by atoms with Gasteiger partial charge in [0.2, 0.25) is 0 Å². The zero-order valence-corrected chi connectivity index (χ0v) is 14.1. The van der Waals surface area contributed by atoms with Crippen LogP contribution in [0.2, 0.25) is 0 Å². The van der Waals surface area contributed by atoms with Crippen molar-refractivity contribution in [1.82, 2.24) is 20.1 Å². The fraction of sp³-hybridized carbons (Fsp3) is 0.500. The second-order valence-electron chi connectivity index (χ2n) is 6.79. The summed E-state index contributed by atoms with van der Waals surface area (Å²) in [7, 11) is 0. The number of carbonyl (C=O) groups is 1. The van der Waals surface area contributed by atoms with E-state index in [0.717, 1.165) is 18.5 Å². The Labute approximate surface area is 141 Å². The number of amides is 1. The average molecular weight is 328 g/mol. The first kappa shape index (κ1) is 16.6. The van der Waals surface area contributed by atoms with Gasteiger partial charge in [-0.2, -0.15) is 5.10 Å². The van der Waals surface area contributed by atoms with Gasteiger partial charge in [-0.15, -0.1) is 0 Å². The summed E-state index contributed by atoms with van der Waals surface area (Å²) in [5.41, 5.74) is 1.51. The van der Waals surface area contributed by atoms with Crippen molar-refractivity contribution in [2.45, 2.75) is 51.3 Å². The molecule has 0 spiro atoms. The number of aromatic nitrogens is 3. The van der Waals surface area contributed by atoms with Gasteiger partial charge in [0.25, 0.3) is 5.91 Å². The molecule has 1 aliphatic rings. The van der Waals surface area contributed by atoms with Crippen molar-refractivity contribution >= 4 is 5.91 Å². The fourth-order valence-corrected chi connectivity index (χ4v) is 3.03. The summed E-state index contributed by atoms with van der Waals surface area (Å²) in [5, 5.41) is 16.9. The minimum absolute atomic E-state index is 0.0294. The Morgan fingerprint density at radius 2 is 2.21 bits per heavy atom. The summed E-state index contributed by atoms with van der Waals surface area (Å²) in [4.78, 5) is 16.9. The number of hydrogen-bond donors (Lipinski definition) is 2. The lowest BCUT2D eigenvalue weighted by Crippen LogP contribution is -2.48. The van der Waals surface area contributed by atoms with Crippen molar-refractivity contribution in [1.29, 1.82) is 0 Å². The smallest absolute Gasteiger partial charge is 0.254 e. The lowest BCUT2D eigenvalue weighted by molar-refractivity contribution is 0.0238. The SMILES string of the molecule is CC(C)n1cc(C(=O)NC(Cc2ccccn2)C2CC(O)C2)cn1. The quantitative estimate of drug-likeness (QED) is 0.849. The van der Waals surface area contributed by atoms with Crippen LogP contribution in [-0.2, 0) is 6.42 Å². The van der Waals surface area contributed by atoms with Crippen molar-refractivity contribution < 1.29 is 9.90 Å². The van der Waals surface area contributed by atoms with E-state index in [1.807, 2.05) is 32.0 Å². The summed E-state index contributed by atoms with van der Waals surface area (Å²) < 4.78 is 1.77. The lowest BCUT2D eigenvalue weighted by atomic mass is 9.76. The van der Waals surface area contributed by atoms with Crippen LogP contribution in [-0.4, -0.2) is 37.9 Å². The highest BCUT2D eigenvalue weighted by Gasteiger charge is 2.35. The molecule has 2 aromatic heterocycles. The summed E-state index contributed by atoms with van der Waals surface area (Å²) >= 11 is 0. The van der Waals surface area contributed by atoms with Gasteiger partial charge in [0, 0.05) is 36.6 Å². The van der Waals surface area contributed by atoms with Gasteiger partial charge in [-0.05, 0) is 44.7 Å². The van der Waals surface area contributed by atoms with Crippen LogP contribution in [0.25, 0.3) is 0 Å². The normalized spacial score (nSPS) is 21.3. The van der Waals surface area contributed by atoms with Gasteiger partial charge in [-0.25, -0.2) is 0 Å². The van der Waals surface area contributed by atoms with Crippen molar-refractivity contribution in [3.05, 3.63) is 48.0 Å². The van der Waals surface area contributed by atoms with Gasteiger partial charge < -0.3 is 10.4 Å². The fourth-order valence-electron chi connectivity index (χ4n) is 3.03. The highest BCUT2D eigenvalue weighted by molar-refractivity contribution is 5.93. The molecule has 1 atom stereocenters. The maximum atomic E-state index is 12.6. The lowest BCUT2D eigenvalue weighted by Gasteiger charge is -2.38. The third-order valence-electron chi connectivity index (χ3n) is 4.58. The van der Waals surface area contributed by atoms with Crippen LogP contribution in [0.4, 0.5) is 0 Å². The first-order chi connectivity index (χ1) is 11.5. The molecule has 1 aliphatic carbocycles. The van der Waals surface area contributed by atoms with Gasteiger partial charge in [-0.1, -0.05) is 6.07 Å². The minimum atomic E-state index is -0.248. The Morgan fingerprint density at radius 1 is 1.42 bits per heavy atom.